The number of carbonyl (C=O) groups is 1. The SMILES string of the molecule is CC(N)c1ccccc1NC(=O)C1CC1c1ccccc1. The average molecular weight is 280 g/mol. The molecule has 21 heavy (non-hydrogen) atoms. The molecule has 1 aliphatic carbocycles. The molecule has 2 aromatic carbocycles. The number of nitrogens with one attached hydrogen (secondary N) is 1. The molecule has 1 aliphatic rings. The van der Waals surface area contributed by atoms with Crippen LogP contribution in [0.5, 0.6) is 0 Å². The third-order valence-corrected chi connectivity index (χ3v) is 4.06. The third kappa shape index (κ3) is 2.98. The van der Waals surface area contributed by atoms with Crippen LogP contribution in [0.25, 0.3) is 0 Å². The molecule has 1 amide bonds. The monoisotopic (exact) mass is 280 g/mol. The van der Waals surface area contributed by atoms with Crippen LogP contribution in [0.4, 0.5) is 5.69 Å². The van der Waals surface area contributed by atoms with Crippen LogP contribution in [0.1, 0.15) is 36.4 Å². The van der Waals surface area contributed by atoms with Gasteiger partial charge in [0.2, 0.25) is 5.91 Å². The van der Waals surface area contributed by atoms with Gasteiger partial charge in [-0.05, 0) is 36.5 Å². The zero-order valence-corrected chi connectivity index (χ0v) is 12.1. The molecule has 0 aliphatic heterocycles. The molecule has 3 N–H and O–H groups in total. The van der Waals surface area contributed by atoms with Crippen molar-refractivity contribution < 1.29 is 4.79 Å². The molecule has 0 aromatic heterocycles. The number of carbonyl (C=O) groups excluding carboxylic acids is 1. The maximum atomic E-state index is 12.4. The van der Waals surface area contributed by atoms with Crippen LogP contribution in [0.2, 0.25) is 0 Å². The molecule has 0 heterocycles. The second-order valence-corrected chi connectivity index (χ2v) is 5.72. The number of anilines is 1. The Morgan fingerprint density at radius 2 is 1.81 bits per heavy atom. The van der Waals surface area contributed by atoms with Gasteiger partial charge in [0.05, 0.1) is 0 Å². The van der Waals surface area contributed by atoms with Crippen molar-refractivity contribution in [3.63, 3.8) is 0 Å². The van der Waals surface area contributed by atoms with Crippen LogP contribution < -0.4 is 11.1 Å². The summed E-state index contributed by atoms with van der Waals surface area (Å²) in [6.07, 6.45) is 0.927. The highest BCUT2D eigenvalue weighted by Crippen LogP contribution is 2.48. The normalized spacial score (nSPS) is 21.6. The van der Waals surface area contributed by atoms with Gasteiger partial charge < -0.3 is 11.1 Å². The van der Waals surface area contributed by atoms with Crippen LogP contribution in [0, 0.1) is 5.92 Å². The van der Waals surface area contributed by atoms with Gasteiger partial charge in [-0.15, -0.1) is 0 Å². The molecule has 0 spiro atoms. The molecule has 0 saturated heterocycles. The number of rotatable bonds is 4. The Kier molecular flexibility index (Phi) is 3.76. The van der Waals surface area contributed by atoms with E-state index in [-0.39, 0.29) is 17.9 Å². The number of para-hydroxylation sites is 1. The Hall–Kier alpha value is -2.13. The summed E-state index contributed by atoms with van der Waals surface area (Å²) >= 11 is 0. The van der Waals surface area contributed by atoms with Crippen LogP contribution in [-0.2, 0) is 4.79 Å². The zero-order chi connectivity index (χ0) is 14.8. The first-order chi connectivity index (χ1) is 10.2. The largest absolute Gasteiger partial charge is 0.326 e. The Bertz CT molecular complexity index is 637. The van der Waals surface area contributed by atoms with Gasteiger partial charge in [-0.25, -0.2) is 0 Å². The number of benzene rings is 2. The third-order valence-electron chi connectivity index (χ3n) is 4.06. The van der Waals surface area contributed by atoms with Gasteiger partial charge in [0, 0.05) is 17.6 Å². The van der Waals surface area contributed by atoms with Gasteiger partial charge in [0.25, 0.3) is 0 Å². The fourth-order valence-electron chi connectivity index (χ4n) is 2.79. The van der Waals surface area contributed by atoms with Crippen molar-refractivity contribution in [1.82, 2.24) is 0 Å². The predicted octanol–water partition coefficient (Wildman–Crippen LogP) is 3.45. The van der Waals surface area contributed by atoms with E-state index in [9.17, 15) is 4.79 Å². The van der Waals surface area contributed by atoms with Crippen molar-refractivity contribution >= 4 is 11.6 Å². The summed E-state index contributed by atoms with van der Waals surface area (Å²) < 4.78 is 0. The smallest absolute Gasteiger partial charge is 0.228 e. The highest BCUT2D eigenvalue weighted by molar-refractivity contribution is 5.95. The first-order valence-corrected chi connectivity index (χ1v) is 7.37. The van der Waals surface area contributed by atoms with Gasteiger partial charge >= 0.3 is 0 Å². The van der Waals surface area contributed by atoms with Crippen molar-refractivity contribution in [2.24, 2.45) is 11.7 Å². The van der Waals surface area contributed by atoms with Gasteiger partial charge in [-0.1, -0.05) is 48.5 Å². The lowest BCUT2D eigenvalue weighted by Crippen LogP contribution is -2.17. The Balaban J connectivity index is 1.69. The van der Waals surface area contributed by atoms with Crippen LogP contribution in [0.15, 0.2) is 54.6 Å². The number of nitrogens with two attached hydrogens (primary N) is 1. The molecule has 0 radical (unpaired) electrons. The molecule has 108 valence electrons. The quantitative estimate of drug-likeness (QED) is 0.901. The molecular weight excluding hydrogens is 260 g/mol. The van der Waals surface area contributed by atoms with Crippen molar-refractivity contribution in [3.05, 3.63) is 65.7 Å². The second-order valence-electron chi connectivity index (χ2n) is 5.72. The van der Waals surface area contributed by atoms with Gasteiger partial charge in [0.1, 0.15) is 0 Å². The molecule has 2 aromatic rings. The van der Waals surface area contributed by atoms with E-state index in [0.29, 0.717) is 5.92 Å². The Morgan fingerprint density at radius 3 is 2.52 bits per heavy atom. The molecule has 3 rings (SSSR count). The number of amides is 1. The maximum absolute atomic E-state index is 12.4. The topological polar surface area (TPSA) is 55.1 Å². The van der Waals surface area contributed by atoms with Crippen molar-refractivity contribution in [2.45, 2.75) is 25.3 Å². The summed E-state index contributed by atoms with van der Waals surface area (Å²) in [6, 6.07) is 17.9. The average Bonchev–Trinajstić information content (AvgIpc) is 3.29. The van der Waals surface area contributed by atoms with Crippen LogP contribution in [0.3, 0.4) is 0 Å². The van der Waals surface area contributed by atoms with E-state index in [4.69, 9.17) is 5.73 Å². The minimum atomic E-state index is -0.0920. The summed E-state index contributed by atoms with van der Waals surface area (Å²) in [4.78, 5) is 12.4. The highest BCUT2D eigenvalue weighted by atomic mass is 16.2. The Labute approximate surface area is 125 Å². The van der Waals surface area contributed by atoms with Gasteiger partial charge in [-0.3, -0.25) is 4.79 Å². The highest BCUT2D eigenvalue weighted by Gasteiger charge is 2.43. The molecular formula is C18H20N2O. The predicted molar refractivity (Wildman–Crippen MR) is 85.0 cm³/mol. The van der Waals surface area contributed by atoms with E-state index in [1.54, 1.807) is 0 Å². The number of hydrogen-bond donors (Lipinski definition) is 2. The molecule has 3 nitrogen and oxygen atoms in total. The van der Waals surface area contributed by atoms with Crippen LogP contribution in [-0.4, -0.2) is 5.91 Å². The maximum Gasteiger partial charge on any atom is 0.228 e. The molecule has 3 atom stereocenters. The molecule has 1 fully saturated rings. The van der Waals surface area contributed by atoms with Gasteiger partial charge in [0.15, 0.2) is 0 Å². The molecule has 3 unspecified atom stereocenters. The van der Waals surface area contributed by atoms with Crippen molar-refractivity contribution in [1.29, 1.82) is 0 Å². The van der Waals surface area contributed by atoms with Gasteiger partial charge in [-0.2, -0.15) is 0 Å². The van der Waals surface area contributed by atoms with E-state index in [1.807, 2.05) is 49.4 Å². The second kappa shape index (κ2) is 5.70. The van der Waals surface area contributed by atoms with Crippen molar-refractivity contribution in [2.75, 3.05) is 5.32 Å². The Morgan fingerprint density at radius 1 is 1.14 bits per heavy atom. The zero-order valence-electron chi connectivity index (χ0n) is 12.1. The standard InChI is InChI=1S/C18H20N2O/c1-12(19)14-9-5-6-10-17(14)20-18(21)16-11-15(16)13-7-3-2-4-8-13/h2-10,12,15-16H,11,19H2,1H3,(H,20,21). The van der Waals surface area contributed by atoms with E-state index in [1.165, 1.54) is 5.56 Å². The molecule has 0 bridgehead atoms. The summed E-state index contributed by atoms with van der Waals surface area (Å²) in [5.41, 5.74) is 9.00. The minimum absolute atomic E-state index is 0.0773. The fraction of sp³-hybridized carbons (Fsp3) is 0.278. The number of hydrogen-bond acceptors (Lipinski definition) is 2. The van der Waals surface area contributed by atoms with E-state index in [0.717, 1.165) is 17.7 Å². The lowest BCUT2D eigenvalue weighted by molar-refractivity contribution is -0.117. The lowest BCUT2D eigenvalue weighted by Gasteiger charge is -2.13. The first-order valence-electron chi connectivity index (χ1n) is 7.37. The minimum Gasteiger partial charge on any atom is -0.326 e. The summed E-state index contributed by atoms with van der Waals surface area (Å²) in [5, 5.41) is 3.03. The van der Waals surface area contributed by atoms with E-state index < -0.39 is 0 Å². The fourth-order valence-corrected chi connectivity index (χ4v) is 2.79. The first kappa shape index (κ1) is 13.8. The summed E-state index contributed by atoms with van der Waals surface area (Å²) in [6.45, 7) is 1.93. The van der Waals surface area contributed by atoms with Crippen molar-refractivity contribution in [3.8, 4) is 0 Å². The van der Waals surface area contributed by atoms with E-state index in [2.05, 4.69) is 17.4 Å². The molecule has 1 saturated carbocycles. The summed E-state index contributed by atoms with van der Waals surface area (Å²) in [7, 11) is 0. The summed E-state index contributed by atoms with van der Waals surface area (Å²) in [5.74, 6) is 0.527. The lowest BCUT2D eigenvalue weighted by atomic mass is 10.1. The van der Waals surface area contributed by atoms with Crippen LogP contribution >= 0.6 is 0 Å². The molecule has 3 heteroatoms. The van der Waals surface area contributed by atoms with E-state index >= 15 is 0 Å².